The van der Waals surface area contributed by atoms with Gasteiger partial charge in [0.2, 0.25) is 0 Å². The second-order valence-corrected chi connectivity index (χ2v) is 9.10. The Labute approximate surface area is 171 Å². The van der Waals surface area contributed by atoms with E-state index in [1.54, 1.807) is 21.5 Å². The van der Waals surface area contributed by atoms with Crippen molar-refractivity contribution < 1.29 is 23.9 Å². The van der Waals surface area contributed by atoms with Crippen LogP contribution in [0.15, 0.2) is 25.3 Å². The van der Waals surface area contributed by atoms with Crippen LogP contribution in [-0.4, -0.2) is 66.1 Å². The number of ether oxygens (including phenoxy) is 2. The number of hydrogen-bond acceptors (Lipinski definition) is 5. The van der Waals surface area contributed by atoms with Crippen molar-refractivity contribution in [1.82, 2.24) is 9.34 Å². The molecule has 0 aliphatic heterocycles. The van der Waals surface area contributed by atoms with E-state index in [0.717, 1.165) is 0 Å². The van der Waals surface area contributed by atoms with Gasteiger partial charge in [0.1, 0.15) is 6.04 Å². The van der Waals surface area contributed by atoms with Gasteiger partial charge in [-0.05, 0) is 29.2 Å². The quantitative estimate of drug-likeness (QED) is 0.189. The van der Waals surface area contributed by atoms with E-state index in [1.807, 2.05) is 27.7 Å². The van der Waals surface area contributed by atoms with Crippen LogP contribution in [0.3, 0.4) is 0 Å². The summed E-state index contributed by atoms with van der Waals surface area (Å²) in [7, 11) is 0.535. The summed E-state index contributed by atoms with van der Waals surface area (Å²) < 4.78 is 27.0. The minimum atomic E-state index is -2.20. The van der Waals surface area contributed by atoms with E-state index >= 15 is 0 Å². The van der Waals surface area contributed by atoms with Gasteiger partial charge in [-0.25, -0.2) is 0 Å². The van der Waals surface area contributed by atoms with Crippen molar-refractivity contribution in [2.45, 2.75) is 58.9 Å². The lowest BCUT2D eigenvalue weighted by Crippen LogP contribution is -2.47. The Morgan fingerprint density at radius 3 is 1.93 bits per heavy atom. The second kappa shape index (κ2) is 14.0. The zero-order chi connectivity index (χ0) is 21.9. The van der Waals surface area contributed by atoms with E-state index in [0.29, 0.717) is 12.8 Å². The second-order valence-electron chi connectivity index (χ2n) is 7.57. The summed E-state index contributed by atoms with van der Waals surface area (Å²) in [6, 6.07) is -1.20. The number of carbonyl (C=O) groups is 1. The highest BCUT2D eigenvalue weighted by molar-refractivity contribution is 7.39. The smallest absolute Gasteiger partial charge is 0.468 e. The van der Waals surface area contributed by atoms with Crippen molar-refractivity contribution in [3.05, 3.63) is 25.3 Å². The van der Waals surface area contributed by atoms with Crippen LogP contribution >= 0.6 is 8.10 Å². The van der Waals surface area contributed by atoms with E-state index in [9.17, 15) is 14.5 Å². The molecule has 0 saturated heterocycles. The first kappa shape index (κ1) is 26.9. The Morgan fingerprint density at radius 1 is 1.04 bits per heavy atom. The molecule has 0 saturated carbocycles. The van der Waals surface area contributed by atoms with Gasteiger partial charge in [0, 0.05) is 7.11 Å². The average molecular weight is 418 g/mol. The first-order chi connectivity index (χ1) is 13.1. The summed E-state index contributed by atoms with van der Waals surface area (Å²) in [5.41, 5.74) is 0. The van der Waals surface area contributed by atoms with Gasteiger partial charge >= 0.3 is 14.1 Å². The zero-order valence-corrected chi connectivity index (χ0v) is 19.1. The fourth-order valence-electron chi connectivity index (χ4n) is 3.01. The van der Waals surface area contributed by atoms with Crippen molar-refractivity contribution >= 4 is 14.1 Å². The third-order valence-electron chi connectivity index (χ3n) is 4.27. The summed E-state index contributed by atoms with van der Waals surface area (Å²) in [5, 5.41) is 10.4. The van der Waals surface area contributed by atoms with E-state index in [1.165, 1.54) is 14.2 Å². The van der Waals surface area contributed by atoms with Crippen molar-refractivity contribution in [2.24, 2.45) is 11.8 Å². The third kappa shape index (κ3) is 8.50. The molecule has 0 radical (unpaired) electrons. The van der Waals surface area contributed by atoms with Crippen LogP contribution in [0.25, 0.3) is 0 Å². The van der Waals surface area contributed by atoms with E-state index < -0.39 is 32.4 Å². The molecule has 4 unspecified atom stereocenters. The van der Waals surface area contributed by atoms with E-state index in [-0.39, 0.29) is 24.9 Å². The molecule has 162 valence electrons. The van der Waals surface area contributed by atoms with Gasteiger partial charge in [0.25, 0.3) is 0 Å². The summed E-state index contributed by atoms with van der Waals surface area (Å²) in [4.78, 5) is 12.4. The zero-order valence-electron chi connectivity index (χ0n) is 18.2. The highest BCUT2D eigenvalue weighted by Crippen LogP contribution is 2.40. The Morgan fingerprint density at radius 2 is 1.54 bits per heavy atom. The molecular formula is C20H38N2O5P+. The fraction of sp³-hybridized carbons (Fsp3) is 0.750. The maximum absolute atomic E-state index is 13.6. The van der Waals surface area contributed by atoms with Crippen LogP contribution in [0.5, 0.6) is 0 Å². The van der Waals surface area contributed by atoms with Crippen molar-refractivity contribution in [3.8, 4) is 0 Å². The topological polar surface area (TPSA) is 79.3 Å². The van der Waals surface area contributed by atoms with Gasteiger partial charge in [-0.2, -0.15) is 0 Å². The number of methoxy groups -OCH3 is 2. The predicted octanol–water partition coefficient (Wildman–Crippen LogP) is 3.59. The molecule has 0 spiro atoms. The van der Waals surface area contributed by atoms with Crippen molar-refractivity contribution in [2.75, 3.05) is 27.3 Å². The number of esters is 1. The molecule has 0 rings (SSSR count). The summed E-state index contributed by atoms with van der Waals surface area (Å²) in [5.74, 6) is -0.000661. The van der Waals surface area contributed by atoms with Gasteiger partial charge in [0.15, 0.2) is 12.3 Å². The molecular weight excluding hydrogens is 379 g/mol. The van der Waals surface area contributed by atoms with E-state index in [4.69, 9.17) is 9.47 Å². The number of rotatable bonds is 15. The first-order valence-corrected chi connectivity index (χ1v) is 10.8. The standard InChI is InChI=1S/C20H38N2O5P/c1-9-11-21(17(13-15(3)4)19(23)26-7)28(25)22(12-10-2)18(14-16(5)6)20(24)27-8/h9-10,15-19,23H,1-2,11-14H2,3-8H3/q+1. The number of aliphatic hydroxyl groups excluding tert-OH is 1. The molecule has 0 aliphatic carbocycles. The van der Waals surface area contributed by atoms with Crippen molar-refractivity contribution in [1.29, 1.82) is 0 Å². The van der Waals surface area contributed by atoms with Crippen molar-refractivity contribution in [3.63, 3.8) is 0 Å². The Kier molecular flexibility index (Phi) is 13.4. The van der Waals surface area contributed by atoms with Gasteiger partial charge < -0.3 is 14.6 Å². The Balaban J connectivity index is 6.04. The average Bonchev–Trinajstić information content (AvgIpc) is 2.65. The van der Waals surface area contributed by atoms with Crippen LogP contribution < -0.4 is 0 Å². The van der Waals surface area contributed by atoms with Crippen LogP contribution in [0.2, 0.25) is 0 Å². The number of aliphatic hydroxyl groups is 1. The highest BCUT2D eigenvalue weighted by atomic mass is 31.1. The largest absolute Gasteiger partial charge is 0.539 e. The van der Waals surface area contributed by atoms with Gasteiger partial charge in [-0.1, -0.05) is 49.2 Å². The molecule has 0 aliphatic rings. The lowest BCUT2D eigenvalue weighted by Gasteiger charge is -2.30. The normalized spacial score (nSPS) is 15.6. The molecule has 0 heterocycles. The van der Waals surface area contributed by atoms with Gasteiger partial charge in [0.05, 0.1) is 20.2 Å². The molecule has 8 heteroatoms. The Hall–Kier alpha value is -1.11. The lowest BCUT2D eigenvalue weighted by molar-refractivity contribution is -0.145. The Bertz CT molecular complexity index is 513. The number of carbonyl (C=O) groups excluding carboxylic acids is 1. The lowest BCUT2D eigenvalue weighted by atomic mass is 10.0. The number of hydrogen-bond donors (Lipinski definition) is 1. The predicted molar refractivity (Wildman–Crippen MR) is 113 cm³/mol. The molecule has 28 heavy (non-hydrogen) atoms. The molecule has 0 aromatic heterocycles. The summed E-state index contributed by atoms with van der Waals surface area (Å²) >= 11 is 0. The molecule has 0 aromatic rings. The van der Waals surface area contributed by atoms with Gasteiger partial charge in [-0.3, -0.25) is 4.79 Å². The van der Waals surface area contributed by atoms with Crippen LogP contribution in [0, 0.1) is 11.8 Å². The summed E-state index contributed by atoms with van der Waals surface area (Å²) in [6.45, 7) is 16.0. The molecule has 0 aromatic carbocycles. The maximum Gasteiger partial charge on any atom is 0.539 e. The molecule has 7 nitrogen and oxygen atoms in total. The highest BCUT2D eigenvalue weighted by Gasteiger charge is 2.48. The minimum Gasteiger partial charge on any atom is -0.468 e. The summed E-state index contributed by atoms with van der Waals surface area (Å²) in [6.07, 6.45) is 3.18. The molecule has 4 atom stereocenters. The monoisotopic (exact) mass is 417 g/mol. The SMILES string of the molecule is C=CCN(C(CC(C)C)C(=O)OC)[P+](=O)N(CC=C)C(CC(C)C)C(O)OC. The maximum atomic E-state index is 13.6. The number of nitrogens with zero attached hydrogens (tertiary/aromatic N) is 2. The van der Waals surface area contributed by atoms with Crippen LogP contribution in [0.1, 0.15) is 40.5 Å². The fourth-order valence-corrected chi connectivity index (χ4v) is 4.70. The van der Waals surface area contributed by atoms with Gasteiger partial charge in [-0.15, -0.1) is 13.2 Å². The molecule has 0 bridgehead atoms. The minimum absolute atomic E-state index is 0.198. The third-order valence-corrected chi connectivity index (χ3v) is 6.05. The molecule has 0 amide bonds. The molecule has 0 fully saturated rings. The first-order valence-electron chi connectivity index (χ1n) is 9.65. The molecule has 1 N–H and O–H groups in total. The van der Waals surface area contributed by atoms with Crippen LogP contribution in [-0.2, 0) is 18.8 Å². The van der Waals surface area contributed by atoms with E-state index in [2.05, 4.69) is 13.2 Å². The van der Waals surface area contributed by atoms with Crippen LogP contribution in [0.4, 0.5) is 0 Å².